The minimum Gasteiger partial charge on any atom is -0.515 e. The van der Waals surface area contributed by atoms with Crippen molar-refractivity contribution >= 4 is 53.9 Å². The first-order chi connectivity index (χ1) is 22.1. The van der Waals surface area contributed by atoms with Gasteiger partial charge in [0.2, 0.25) is 0 Å². The first kappa shape index (κ1) is 31.0. The summed E-state index contributed by atoms with van der Waals surface area (Å²) in [7, 11) is 2.66. The Morgan fingerprint density at radius 2 is 1.74 bits per heavy atom. The van der Waals surface area contributed by atoms with Crippen molar-refractivity contribution in [3.63, 3.8) is 0 Å². The maximum absolute atomic E-state index is 14.1. The topological polar surface area (TPSA) is 149 Å². The fourth-order valence-corrected chi connectivity index (χ4v) is 7.60. The lowest BCUT2D eigenvalue weighted by Crippen LogP contribution is -2.38. The smallest absolute Gasteiger partial charge is 0.320 e. The number of H-pyrrole nitrogens is 3. The molecule has 8 bridgehead atoms. The van der Waals surface area contributed by atoms with Crippen LogP contribution in [0.4, 0.5) is 0 Å². The van der Waals surface area contributed by atoms with Crippen LogP contribution in [0.5, 0.6) is 0 Å². The Hall–Kier alpha value is -4.99. The molecule has 46 heavy (non-hydrogen) atoms. The monoisotopic (exact) mass is 624 g/mol. The third-order valence-electron chi connectivity index (χ3n) is 10.1. The first-order valence-corrected chi connectivity index (χ1v) is 15.6. The quantitative estimate of drug-likeness (QED) is 0.208. The Kier molecular flexibility index (Phi) is 7.92. The van der Waals surface area contributed by atoms with E-state index < -0.39 is 17.9 Å². The number of ketones is 1. The number of allylic oxidation sites excluding steroid dienone is 1. The molecule has 4 atom stereocenters. The lowest BCUT2D eigenvalue weighted by molar-refractivity contribution is -0.142. The van der Waals surface area contributed by atoms with Crippen LogP contribution in [0.2, 0.25) is 0 Å². The lowest BCUT2D eigenvalue weighted by atomic mass is 9.80. The summed E-state index contributed by atoms with van der Waals surface area (Å²) in [6.45, 7) is 12.1. The van der Waals surface area contributed by atoms with Gasteiger partial charge in [0.05, 0.1) is 37.2 Å². The molecule has 0 aromatic carbocycles. The number of carbonyl (C=O) groups is 3. The number of hydrogen-bond acceptors (Lipinski definition) is 7. The molecule has 5 heterocycles. The fourth-order valence-electron chi connectivity index (χ4n) is 7.60. The number of esters is 2. The summed E-state index contributed by atoms with van der Waals surface area (Å²) in [5, 5.41) is 16.8. The van der Waals surface area contributed by atoms with Crippen LogP contribution >= 0.6 is 0 Å². The first-order valence-electron chi connectivity index (χ1n) is 15.6. The molecule has 0 amide bonds. The van der Waals surface area contributed by atoms with Gasteiger partial charge in [-0.3, -0.25) is 14.4 Å². The van der Waals surface area contributed by atoms with Crippen molar-refractivity contribution < 1.29 is 29.0 Å². The van der Waals surface area contributed by atoms with Gasteiger partial charge in [-0.25, -0.2) is 0 Å². The maximum Gasteiger partial charge on any atom is 0.320 e. The summed E-state index contributed by atoms with van der Waals surface area (Å²) in [4.78, 5) is 50.3. The highest BCUT2D eigenvalue weighted by atomic mass is 16.5. The molecular weight excluding hydrogens is 584 g/mol. The summed E-state index contributed by atoms with van der Waals surface area (Å²) in [5.41, 5.74) is 8.03. The molecule has 3 aromatic heterocycles. The van der Waals surface area contributed by atoms with Crippen molar-refractivity contribution in [2.75, 3.05) is 14.2 Å². The van der Waals surface area contributed by atoms with E-state index in [1.54, 1.807) is 0 Å². The highest BCUT2D eigenvalue weighted by Gasteiger charge is 2.49. The Bertz CT molecular complexity index is 2090. The molecule has 1 aliphatic carbocycles. The van der Waals surface area contributed by atoms with Gasteiger partial charge in [0, 0.05) is 56.8 Å². The van der Waals surface area contributed by atoms with E-state index in [9.17, 15) is 19.5 Å². The highest BCUT2D eigenvalue weighted by molar-refractivity contribution is 6.19. The number of methoxy groups -OCH3 is 2. The molecule has 10 nitrogen and oxygen atoms in total. The lowest BCUT2D eigenvalue weighted by Gasteiger charge is -2.25. The second kappa shape index (κ2) is 11.7. The third-order valence-corrected chi connectivity index (χ3v) is 10.1. The number of ether oxygens (including phenoxy) is 2. The molecule has 240 valence electrons. The van der Waals surface area contributed by atoms with Gasteiger partial charge in [-0.05, 0) is 73.1 Å². The zero-order valence-electron chi connectivity index (χ0n) is 27.0. The fraction of sp³-hybridized carbons (Fsp3) is 0.361. The number of aromatic nitrogens is 3. The van der Waals surface area contributed by atoms with Crippen LogP contribution in [-0.4, -0.2) is 58.0 Å². The van der Waals surface area contributed by atoms with Gasteiger partial charge in [-0.15, -0.1) is 0 Å². The minimum absolute atomic E-state index is 0.0621. The van der Waals surface area contributed by atoms with Crippen LogP contribution in [-0.2, 0) is 25.5 Å². The summed E-state index contributed by atoms with van der Waals surface area (Å²) in [6.07, 6.45) is 10.2. The van der Waals surface area contributed by atoms with E-state index in [-0.39, 0.29) is 30.0 Å². The van der Waals surface area contributed by atoms with Crippen LogP contribution in [0.3, 0.4) is 0 Å². The van der Waals surface area contributed by atoms with Gasteiger partial charge in [-0.1, -0.05) is 26.5 Å². The zero-order chi connectivity index (χ0) is 33.0. The number of hydrogen-bond donors (Lipinski definition) is 5. The van der Waals surface area contributed by atoms with Crippen LogP contribution in [0.25, 0.3) is 36.1 Å². The van der Waals surface area contributed by atoms with E-state index in [0.717, 1.165) is 62.0 Å². The van der Waals surface area contributed by atoms with E-state index in [0.29, 0.717) is 34.5 Å². The molecule has 0 radical (unpaired) electrons. The number of nitrogens with one attached hydrogen (secondary N) is 4. The third kappa shape index (κ3) is 4.66. The van der Waals surface area contributed by atoms with Crippen molar-refractivity contribution in [2.24, 2.45) is 17.8 Å². The molecule has 2 aliphatic heterocycles. The normalized spacial score (nSPS) is 24.4. The molecule has 0 spiro atoms. The van der Waals surface area contributed by atoms with Crippen LogP contribution < -0.4 is 26.6 Å². The second-order valence-electron chi connectivity index (χ2n) is 12.3. The predicted octanol–water partition coefficient (Wildman–Crippen LogP) is 2.11. The van der Waals surface area contributed by atoms with Gasteiger partial charge >= 0.3 is 11.9 Å². The number of rotatable bonds is 6. The molecular formula is C36H40N4O6. The summed E-state index contributed by atoms with van der Waals surface area (Å²) in [5.74, 6) is -2.58. The van der Waals surface area contributed by atoms with Gasteiger partial charge in [0.15, 0.2) is 5.78 Å². The van der Waals surface area contributed by atoms with Crippen molar-refractivity contribution in [2.45, 2.75) is 53.0 Å². The molecule has 3 aromatic rings. The summed E-state index contributed by atoms with van der Waals surface area (Å²) >= 11 is 0. The molecule has 5 N–H and O–H groups in total. The molecule has 3 aliphatic rings. The Balaban J connectivity index is 1.73. The molecule has 1 fully saturated rings. The number of aromatic amines is 3. The van der Waals surface area contributed by atoms with Crippen LogP contribution in [0.1, 0.15) is 76.4 Å². The van der Waals surface area contributed by atoms with Crippen molar-refractivity contribution in [1.29, 1.82) is 0 Å². The van der Waals surface area contributed by atoms with E-state index >= 15 is 0 Å². The Labute approximate surface area is 266 Å². The number of aliphatic hydroxyl groups is 1. The molecule has 1 saturated heterocycles. The average molecular weight is 625 g/mol. The SMILES string of the molecule is C=Cc1c2[nH]c(c1C)/C=C1\NC(C3=c4[nH]/c(c(C)c4C(=O)[C@@H]3C(=O)OC)=C\c3[nH]c(/c(=C/O)c3CC)=C\2)[C@@H](CCC(=O)OC)[C@@H]1C. The van der Waals surface area contributed by atoms with Crippen molar-refractivity contribution in [1.82, 2.24) is 20.3 Å². The van der Waals surface area contributed by atoms with Gasteiger partial charge in [0.1, 0.15) is 5.92 Å². The highest BCUT2D eigenvalue weighted by Crippen LogP contribution is 2.42. The second-order valence-corrected chi connectivity index (χ2v) is 12.3. The van der Waals surface area contributed by atoms with E-state index in [1.807, 2.05) is 39.0 Å². The van der Waals surface area contributed by atoms with Crippen LogP contribution in [0, 0.1) is 31.6 Å². The van der Waals surface area contributed by atoms with Crippen LogP contribution in [0.15, 0.2) is 12.3 Å². The standard InChI is InChI=1S/C36H40N4O6/c1-8-19-16(3)23-12-24-17(4)21(10-11-29(42)45-6)33(39-24)31-32(36(44)46-7)35(43)30-18(5)25(40-34(30)31)13-27-20(9-2)22(15-41)28(38-27)14-26(19)37-23/h8,12-15,17,21,32-33,37-41H,1,9-11H2,2-7H3/b22-15+,24-12-,25-13-,28-14-/t17-,21-,32+,33?/m0/s1. The largest absolute Gasteiger partial charge is 0.515 e. The van der Waals surface area contributed by atoms with Gasteiger partial charge in [0.25, 0.3) is 0 Å². The number of Topliss-reactive ketones (excluding diaryl/α,β-unsaturated/α-hetero) is 1. The number of fused-ring (bicyclic) bond motifs is 8. The molecule has 0 saturated carbocycles. The molecule has 1 unspecified atom stereocenters. The van der Waals surface area contributed by atoms with E-state index in [4.69, 9.17) is 9.47 Å². The Morgan fingerprint density at radius 1 is 1.00 bits per heavy atom. The van der Waals surface area contributed by atoms with Gasteiger partial charge < -0.3 is 34.8 Å². The van der Waals surface area contributed by atoms with E-state index in [2.05, 4.69) is 39.8 Å². The number of aliphatic hydroxyl groups excluding tert-OH is 1. The molecule has 10 heteroatoms. The number of carbonyl (C=O) groups excluding carboxylic acids is 3. The van der Waals surface area contributed by atoms with Crippen molar-refractivity contribution in [3.05, 3.63) is 78.4 Å². The van der Waals surface area contributed by atoms with Gasteiger partial charge in [-0.2, -0.15) is 0 Å². The van der Waals surface area contributed by atoms with E-state index in [1.165, 1.54) is 14.2 Å². The molecule has 6 rings (SSSR count). The Morgan fingerprint density at radius 3 is 2.39 bits per heavy atom. The van der Waals surface area contributed by atoms with Crippen molar-refractivity contribution in [3.8, 4) is 0 Å². The maximum atomic E-state index is 14.1. The minimum atomic E-state index is -1.12. The summed E-state index contributed by atoms with van der Waals surface area (Å²) < 4.78 is 10.2. The average Bonchev–Trinajstić information content (AvgIpc) is 3.79. The zero-order valence-corrected chi connectivity index (χ0v) is 27.0. The summed E-state index contributed by atoms with van der Waals surface area (Å²) in [6, 6.07) is -0.446. The predicted molar refractivity (Wildman–Crippen MR) is 176 cm³/mol.